The van der Waals surface area contributed by atoms with E-state index in [1.807, 2.05) is 42.5 Å². The zero-order chi connectivity index (χ0) is 34.2. The first-order valence-electron chi connectivity index (χ1n) is 16.2. The number of carbonyl (C=O) groups excluding carboxylic acids is 4. The van der Waals surface area contributed by atoms with Gasteiger partial charge in [0, 0.05) is 33.1 Å². The van der Waals surface area contributed by atoms with Gasteiger partial charge in [0.15, 0.2) is 6.10 Å². The Bertz CT molecular complexity index is 1370. The molecule has 2 aromatic rings. The Kier molecular flexibility index (Phi) is 12.1. The molecule has 10 nitrogen and oxygen atoms in total. The van der Waals surface area contributed by atoms with Crippen LogP contribution in [0.15, 0.2) is 54.6 Å². The monoisotopic (exact) mass is 654 g/mol. The molecule has 256 valence electrons. The fourth-order valence-corrected chi connectivity index (χ4v) is 5.67. The summed E-state index contributed by atoms with van der Waals surface area (Å²) in [4.78, 5) is 54.2. The smallest absolute Gasteiger partial charge is 0.348 e. The fraction of sp³-hybridized carbons (Fsp3) is 0.556. The lowest BCUT2D eigenvalue weighted by atomic mass is 9.91. The summed E-state index contributed by atoms with van der Waals surface area (Å²) in [7, 11) is 2.97. The van der Waals surface area contributed by atoms with Gasteiger partial charge in [0.05, 0.1) is 0 Å². The van der Waals surface area contributed by atoms with Crippen LogP contribution in [0.5, 0.6) is 0 Å². The van der Waals surface area contributed by atoms with Gasteiger partial charge < -0.3 is 29.2 Å². The molecule has 3 atom stereocenters. The van der Waals surface area contributed by atoms with Crippen molar-refractivity contribution in [1.82, 2.24) is 10.2 Å². The van der Waals surface area contributed by atoms with Crippen LogP contribution in [0.3, 0.4) is 0 Å². The molecule has 2 aromatic carbocycles. The van der Waals surface area contributed by atoms with Crippen molar-refractivity contribution in [2.45, 2.75) is 101 Å². The zero-order valence-electron chi connectivity index (χ0n) is 28.0. The van der Waals surface area contributed by atoms with Crippen molar-refractivity contribution in [1.29, 1.82) is 0 Å². The second-order valence-electron chi connectivity index (χ2n) is 13.1. The van der Waals surface area contributed by atoms with Gasteiger partial charge in [-0.1, -0.05) is 54.6 Å². The van der Waals surface area contributed by atoms with Crippen LogP contribution < -0.4 is 5.32 Å². The van der Waals surface area contributed by atoms with E-state index < -0.39 is 59.7 Å². The molecule has 0 spiro atoms. The van der Waals surface area contributed by atoms with Gasteiger partial charge in [-0.05, 0) is 76.1 Å². The Hall–Kier alpha value is -3.83. The highest BCUT2D eigenvalue weighted by Crippen LogP contribution is 2.36. The van der Waals surface area contributed by atoms with Crippen LogP contribution in [0.4, 0.5) is 4.39 Å². The van der Waals surface area contributed by atoms with Crippen LogP contribution in [0, 0.1) is 0 Å². The van der Waals surface area contributed by atoms with Crippen molar-refractivity contribution < 1.29 is 42.5 Å². The van der Waals surface area contributed by atoms with Crippen molar-refractivity contribution >= 4 is 23.8 Å². The molecule has 1 saturated carbocycles. The Labute approximate surface area is 276 Å². The molecular formula is C36H47FN2O8. The van der Waals surface area contributed by atoms with Gasteiger partial charge >= 0.3 is 17.9 Å². The lowest BCUT2D eigenvalue weighted by Crippen LogP contribution is -2.51. The van der Waals surface area contributed by atoms with Crippen molar-refractivity contribution in [2.24, 2.45) is 0 Å². The molecule has 0 aromatic heterocycles. The lowest BCUT2D eigenvalue weighted by Gasteiger charge is -2.32. The summed E-state index contributed by atoms with van der Waals surface area (Å²) in [6.07, 6.45) is 0.0222. The van der Waals surface area contributed by atoms with Gasteiger partial charge in [-0.3, -0.25) is 9.59 Å². The molecule has 0 radical (unpaired) electrons. The number of hydrogen-bond acceptors (Lipinski definition) is 9. The van der Waals surface area contributed by atoms with Gasteiger partial charge in [0.2, 0.25) is 6.10 Å². The second kappa shape index (κ2) is 15.8. The average molecular weight is 655 g/mol. The van der Waals surface area contributed by atoms with E-state index >= 15 is 4.39 Å². The number of hydrogen-bond donors (Lipinski definition) is 1. The Morgan fingerprint density at radius 3 is 2.19 bits per heavy atom. The molecular weight excluding hydrogens is 607 g/mol. The van der Waals surface area contributed by atoms with E-state index in [1.54, 1.807) is 19.2 Å². The third kappa shape index (κ3) is 10.1. The summed E-state index contributed by atoms with van der Waals surface area (Å²) in [5, 5.41) is 2.92. The molecule has 1 N–H and O–H groups in total. The highest BCUT2D eigenvalue weighted by molar-refractivity contribution is 5.91. The van der Waals surface area contributed by atoms with Crippen LogP contribution >= 0.6 is 0 Å². The number of benzene rings is 2. The minimum Gasteiger partial charge on any atom is -0.458 e. The molecule has 1 amide bonds. The van der Waals surface area contributed by atoms with Gasteiger partial charge in [0.25, 0.3) is 5.91 Å². The first-order valence-corrected chi connectivity index (χ1v) is 16.2. The standard InChI is InChI=1S/C36H47FN2O8/c1-24(46-34(43)36(38-4)17-18-36)31(40)39(5)29(22-35(2,3)37)32(41)47-30(33(42)45-23-26-9-7-6-8-10-26)21-25-11-13-27(14-12-25)28-15-19-44-20-16-28/h6-14,24,28-30,38H,15-23H2,1-5H3/t24-,29+,30-/m1/s1. The number of ether oxygens (including phenoxy) is 4. The van der Waals surface area contributed by atoms with E-state index in [1.165, 1.54) is 33.4 Å². The summed E-state index contributed by atoms with van der Waals surface area (Å²) in [5.41, 5.74) is -0.0428. The first kappa shape index (κ1) is 36.0. The van der Waals surface area contributed by atoms with Gasteiger partial charge in [-0.25, -0.2) is 14.0 Å². The zero-order valence-corrected chi connectivity index (χ0v) is 28.0. The van der Waals surface area contributed by atoms with E-state index in [-0.39, 0.29) is 13.0 Å². The number of nitrogens with zero attached hydrogens (tertiary/aromatic N) is 1. The van der Waals surface area contributed by atoms with E-state index in [4.69, 9.17) is 18.9 Å². The normalized spacial score (nSPS) is 17.9. The third-order valence-corrected chi connectivity index (χ3v) is 8.86. The Balaban J connectivity index is 1.51. The lowest BCUT2D eigenvalue weighted by molar-refractivity contribution is -0.175. The van der Waals surface area contributed by atoms with E-state index in [0.717, 1.165) is 28.9 Å². The Morgan fingerprint density at radius 2 is 1.62 bits per heavy atom. The minimum absolute atomic E-state index is 0.0108. The molecule has 11 heteroatoms. The number of amides is 1. The Morgan fingerprint density at radius 1 is 0.979 bits per heavy atom. The molecule has 0 bridgehead atoms. The predicted octanol–water partition coefficient (Wildman–Crippen LogP) is 4.43. The summed E-state index contributed by atoms with van der Waals surface area (Å²) in [5.74, 6) is -2.63. The molecule has 2 aliphatic rings. The van der Waals surface area contributed by atoms with Crippen LogP contribution in [0.25, 0.3) is 0 Å². The molecule has 1 saturated heterocycles. The number of alkyl halides is 1. The molecule has 1 aliphatic carbocycles. The largest absolute Gasteiger partial charge is 0.458 e. The molecule has 47 heavy (non-hydrogen) atoms. The third-order valence-electron chi connectivity index (χ3n) is 8.86. The number of esters is 3. The average Bonchev–Trinajstić information content (AvgIpc) is 3.87. The van der Waals surface area contributed by atoms with Crippen molar-refractivity contribution in [3.05, 3.63) is 71.3 Å². The maximum absolute atomic E-state index is 15.0. The van der Waals surface area contributed by atoms with Gasteiger partial charge in [-0.15, -0.1) is 0 Å². The van der Waals surface area contributed by atoms with E-state index in [2.05, 4.69) is 5.32 Å². The van der Waals surface area contributed by atoms with Crippen LogP contribution in [-0.2, 0) is 51.2 Å². The quantitative estimate of drug-likeness (QED) is 0.220. The predicted molar refractivity (Wildman–Crippen MR) is 172 cm³/mol. The van der Waals surface area contributed by atoms with E-state index in [0.29, 0.717) is 32.0 Å². The fourth-order valence-electron chi connectivity index (χ4n) is 5.67. The summed E-state index contributed by atoms with van der Waals surface area (Å²) < 4.78 is 37.3. The molecule has 1 heterocycles. The minimum atomic E-state index is -1.88. The molecule has 0 unspecified atom stereocenters. The van der Waals surface area contributed by atoms with Crippen molar-refractivity contribution in [3.63, 3.8) is 0 Å². The maximum atomic E-state index is 15.0. The maximum Gasteiger partial charge on any atom is 0.348 e. The summed E-state index contributed by atoms with van der Waals surface area (Å²) in [6.45, 7) is 5.35. The molecule has 4 rings (SSSR count). The number of likely N-dealkylation sites (N-methyl/N-ethyl adjacent to an activating group) is 2. The SMILES string of the molecule is CNC1(C(=O)O[C@H](C)C(=O)N(C)[C@@H](CC(C)(C)F)C(=O)O[C@H](Cc2ccc(C3CCOCC3)cc2)C(=O)OCc2ccccc2)CC1. The highest BCUT2D eigenvalue weighted by atomic mass is 19.1. The van der Waals surface area contributed by atoms with Crippen molar-refractivity contribution in [2.75, 3.05) is 27.3 Å². The van der Waals surface area contributed by atoms with Crippen LogP contribution in [-0.4, -0.2) is 85.5 Å². The summed E-state index contributed by atoms with van der Waals surface area (Å²) in [6, 6.07) is 15.5. The topological polar surface area (TPSA) is 120 Å². The van der Waals surface area contributed by atoms with Crippen molar-refractivity contribution in [3.8, 4) is 0 Å². The number of carbonyl (C=O) groups is 4. The highest BCUT2D eigenvalue weighted by Gasteiger charge is 2.51. The number of halogens is 1. The van der Waals surface area contributed by atoms with Gasteiger partial charge in [0.1, 0.15) is 23.9 Å². The van der Waals surface area contributed by atoms with E-state index in [9.17, 15) is 19.2 Å². The summed E-state index contributed by atoms with van der Waals surface area (Å²) >= 11 is 0. The number of nitrogens with one attached hydrogen (secondary N) is 1. The van der Waals surface area contributed by atoms with Crippen LogP contribution in [0.2, 0.25) is 0 Å². The molecule has 2 fully saturated rings. The first-order chi connectivity index (χ1) is 22.3. The van der Waals surface area contributed by atoms with Gasteiger partial charge in [-0.2, -0.15) is 0 Å². The van der Waals surface area contributed by atoms with Crippen LogP contribution in [0.1, 0.15) is 75.5 Å². The number of rotatable bonds is 15. The molecule has 1 aliphatic heterocycles. The second-order valence-corrected chi connectivity index (χ2v) is 13.1.